The lowest BCUT2D eigenvalue weighted by molar-refractivity contribution is -0.274. The zero-order chi connectivity index (χ0) is 14.8. The number of aryl methyl sites for hydroxylation is 1. The highest BCUT2D eigenvalue weighted by atomic mass is 32.1. The highest BCUT2D eigenvalue weighted by Gasteiger charge is 2.30. The van der Waals surface area contributed by atoms with Gasteiger partial charge in [0.1, 0.15) is 10.8 Å². The molecule has 20 heavy (non-hydrogen) atoms. The van der Waals surface area contributed by atoms with Crippen molar-refractivity contribution in [2.45, 2.75) is 26.3 Å². The van der Waals surface area contributed by atoms with Gasteiger partial charge in [-0.3, -0.25) is 0 Å². The van der Waals surface area contributed by atoms with E-state index in [0.29, 0.717) is 13.0 Å². The van der Waals surface area contributed by atoms with Crippen molar-refractivity contribution < 1.29 is 17.9 Å². The molecule has 0 aliphatic rings. The summed E-state index contributed by atoms with van der Waals surface area (Å²) in [6.07, 6.45) is -4.04. The molecule has 0 amide bonds. The van der Waals surface area contributed by atoms with Gasteiger partial charge >= 0.3 is 6.36 Å². The number of halogens is 3. The van der Waals surface area contributed by atoms with Gasteiger partial charge in [-0.15, -0.1) is 24.5 Å². The summed E-state index contributed by atoms with van der Waals surface area (Å²) in [6, 6.07) is 5.84. The molecule has 0 bridgehead atoms. The minimum Gasteiger partial charge on any atom is -0.406 e. The number of ether oxygens (including phenoxy) is 1. The molecule has 0 atom stereocenters. The average molecular weight is 302 g/mol. The number of nitrogens with zero attached hydrogens (tertiary/aromatic N) is 1. The van der Waals surface area contributed by atoms with E-state index in [-0.39, 0.29) is 5.75 Å². The molecule has 2 rings (SSSR count). The second-order valence-corrected chi connectivity index (χ2v) is 5.36. The predicted octanol–water partition coefficient (Wildman–Crippen LogP) is 3.40. The normalized spacial score (nSPS) is 11.7. The molecule has 0 saturated carbocycles. The third kappa shape index (κ3) is 3.94. The fraction of sp³-hybridized carbons (Fsp3) is 0.308. The molecule has 0 aliphatic heterocycles. The van der Waals surface area contributed by atoms with Gasteiger partial charge in [0.25, 0.3) is 0 Å². The largest absolute Gasteiger partial charge is 0.573 e. The van der Waals surface area contributed by atoms with Gasteiger partial charge < -0.3 is 10.5 Å². The van der Waals surface area contributed by atoms with Crippen LogP contribution in [0.1, 0.15) is 21.1 Å². The number of aromatic nitrogens is 1. The summed E-state index contributed by atoms with van der Waals surface area (Å²) in [5, 5.41) is 0.856. The van der Waals surface area contributed by atoms with Gasteiger partial charge in [-0.1, -0.05) is 12.1 Å². The van der Waals surface area contributed by atoms with Crippen molar-refractivity contribution in [3.63, 3.8) is 0 Å². The summed E-state index contributed by atoms with van der Waals surface area (Å²) in [6.45, 7) is 2.29. The number of hydrogen-bond donors (Lipinski definition) is 1. The van der Waals surface area contributed by atoms with E-state index in [9.17, 15) is 13.2 Å². The summed E-state index contributed by atoms with van der Waals surface area (Å²) in [5.74, 6) is -0.218. The van der Waals surface area contributed by atoms with Crippen LogP contribution in [0.5, 0.6) is 5.75 Å². The van der Waals surface area contributed by atoms with Gasteiger partial charge in [0, 0.05) is 17.8 Å². The van der Waals surface area contributed by atoms with Crippen LogP contribution < -0.4 is 10.5 Å². The fourth-order valence-electron chi connectivity index (χ4n) is 1.73. The SMILES string of the molecule is Cc1nc(CN)sc1Cc1ccc(OC(F)(F)F)cc1. The van der Waals surface area contributed by atoms with Gasteiger partial charge in [0.2, 0.25) is 0 Å². The minimum absolute atomic E-state index is 0.218. The van der Waals surface area contributed by atoms with Crippen LogP contribution in [-0.2, 0) is 13.0 Å². The van der Waals surface area contributed by atoms with Gasteiger partial charge in [-0.2, -0.15) is 0 Å². The van der Waals surface area contributed by atoms with E-state index in [0.717, 1.165) is 21.1 Å². The lowest BCUT2D eigenvalue weighted by Crippen LogP contribution is -2.17. The van der Waals surface area contributed by atoms with Crippen LogP contribution >= 0.6 is 11.3 Å². The Labute approximate surface area is 118 Å². The Morgan fingerprint density at radius 1 is 1.25 bits per heavy atom. The first-order chi connectivity index (χ1) is 9.37. The molecule has 0 fully saturated rings. The number of rotatable bonds is 4. The summed E-state index contributed by atoms with van der Waals surface area (Å²) in [4.78, 5) is 5.38. The van der Waals surface area contributed by atoms with Crippen molar-refractivity contribution in [2.24, 2.45) is 5.73 Å². The smallest absolute Gasteiger partial charge is 0.406 e. The van der Waals surface area contributed by atoms with Crippen molar-refractivity contribution in [3.8, 4) is 5.75 Å². The molecule has 0 aliphatic carbocycles. The second kappa shape index (κ2) is 5.80. The van der Waals surface area contributed by atoms with Gasteiger partial charge in [-0.05, 0) is 24.6 Å². The van der Waals surface area contributed by atoms with Crippen molar-refractivity contribution >= 4 is 11.3 Å². The predicted molar refractivity (Wildman–Crippen MR) is 70.7 cm³/mol. The molecule has 1 aromatic heterocycles. The van der Waals surface area contributed by atoms with Crippen LogP contribution in [0.15, 0.2) is 24.3 Å². The van der Waals surface area contributed by atoms with Gasteiger partial charge in [0.05, 0.1) is 5.69 Å². The monoisotopic (exact) mass is 302 g/mol. The zero-order valence-corrected chi connectivity index (χ0v) is 11.5. The van der Waals surface area contributed by atoms with E-state index >= 15 is 0 Å². The lowest BCUT2D eigenvalue weighted by atomic mass is 10.1. The molecule has 1 heterocycles. The molecule has 0 unspecified atom stereocenters. The first-order valence-electron chi connectivity index (χ1n) is 5.87. The standard InChI is InChI=1S/C13H13F3N2OS/c1-8-11(20-12(7-17)18-8)6-9-2-4-10(5-3-9)19-13(14,15)16/h2-5H,6-7,17H2,1H3. The molecule has 0 spiro atoms. The van der Waals surface area contributed by atoms with Crippen molar-refractivity contribution in [2.75, 3.05) is 0 Å². The van der Waals surface area contributed by atoms with Crippen LogP contribution in [0.3, 0.4) is 0 Å². The molecule has 7 heteroatoms. The van der Waals surface area contributed by atoms with E-state index < -0.39 is 6.36 Å². The Morgan fingerprint density at radius 2 is 1.90 bits per heavy atom. The first-order valence-corrected chi connectivity index (χ1v) is 6.69. The third-order valence-corrected chi connectivity index (χ3v) is 3.81. The van der Waals surface area contributed by atoms with E-state index in [1.807, 2.05) is 6.92 Å². The van der Waals surface area contributed by atoms with Crippen LogP contribution in [0, 0.1) is 6.92 Å². The number of alkyl halides is 3. The number of benzene rings is 1. The number of thiazole rings is 1. The van der Waals surface area contributed by atoms with Crippen molar-refractivity contribution in [1.29, 1.82) is 0 Å². The summed E-state index contributed by atoms with van der Waals surface area (Å²) in [5.41, 5.74) is 7.34. The molecule has 3 nitrogen and oxygen atoms in total. The molecule has 0 saturated heterocycles. The maximum Gasteiger partial charge on any atom is 0.573 e. The maximum atomic E-state index is 12.0. The molecule has 1 aromatic carbocycles. The van der Waals surface area contributed by atoms with E-state index in [1.165, 1.54) is 23.5 Å². The molecule has 2 N–H and O–H groups in total. The topological polar surface area (TPSA) is 48.1 Å². The average Bonchev–Trinajstić information content (AvgIpc) is 2.71. The van der Waals surface area contributed by atoms with Crippen LogP contribution in [0.2, 0.25) is 0 Å². The number of hydrogen-bond acceptors (Lipinski definition) is 4. The van der Waals surface area contributed by atoms with Crippen LogP contribution in [0.25, 0.3) is 0 Å². The quantitative estimate of drug-likeness (QED) is 0.941. The number of nitrogens with two attached hydrogens (primary N) is 1. The van der Waals surface area contributed by atoms with Crippen molar-refractivity contribution in [3.05, 3.63) is 45.4 Å². The van der Waals surface area contributed by atoms with Crippen LogP contribution in [0.4, 0.5) is 13.2 Å². The van der Waals surface area contributed by atoms with Crippen LogP contribution in [-0.4, -0.2) is 11.3 Å². The summed E-state index contributed by atoms with van der Waals surface area (Å²) in [7, 11) is 0. The Balaban J connectivity index is 2.08. The zero-order valence-electron chi connectivity index (χ0n) is 10.7. The molecule has 0 radical (unpaired) electrons. The van der Waals surface area contributed by atoms with Gasteiger partial charge in [-0.25, -0.2) is 4.98 Å². The Kier molecular flexibility index (Phi) is 4.29. The van der Waals surface area contributed by atoms with Crippen molar-refractivity contribution in [1.82, 2.24) is 4.98 Å². The minimum atomic E-state index is -4.66. The summed E-state index contributed by atoms with van der Waals surface area (Å²) >= 11 is 1.52. The Hall–Kier alpha value is -1.60. The molecular formula is C13H13F3N2OS. The maximum absolute atomic E-state index is 12.0. The van der Waals surface area contributed by atoms with E-state index in [2.05, 4.69) is 9.72 Å². The lowest BCUT2D eigenvalue weighted by Gasteiger charge is -2.09. The van der Waals surface area contributed by atoms with E-state index in [4.69, 9.17) is 5.73 Å². The first kappa shape index (κ1) is 14.8. The Bertz CT molecular complexity index is 578. The van der Waals surface area contributed by atoms with Gasteiger partial charge in [0.15, 0.2) is 0 Å². The third-order valence-electron chi connectivity index (χ3n) is 2.63. The molecular weight excluding hydrogens is 289 g/mol. The van der Waals surface area contributed by atoms with E-state index in [1.54, 1.807) is 12.1 Å². The Morgan fingerprint density at radius 3 is 2.40 bits per heavy atom. The fourth-order valence-corrected chi connectivity index (χ4v) is 2.72. The second-order valence-electron chi connectivity index (χ2n) is 4.19. The summed E-state index contributed by atoms with van der Waals surface area (Å²) < 4.78 is 40.0. The molecule has 108 valence electrons. The highest BCUT2D eigenvalue weighted by Crippen LogP contribution is 2.25. The molecule has 2 aromatic rings. The highest BCUT2D eigenvalue weighted by molar-refractivity contribution is 7.11.